The fourth-order valence-corrected chi connectivity index (χ4v) is 2.05. The molecule has 0 bridgehead atoms. The molecule has 1 unspecified atom stereocenters. The van der Waals surface area contributed by atoms with Crippen LogP contribution < -0.4 is 9.47 Å². The van der Waals surface area contributed by atoms with E-state index in [9.17, 15) is 5.11 Å². The Labute approximate surface area is 110 Å². The third kappa shape index (κ3) is 2.93. The van der Waals surface area contributed by atoms with Crippen molar-refractivity contribution in [3.63, 3.8) is 0 Å². The van der Waals surface area contributed by atoms with E-state index in [-0.39, 0.29) is 6.61 Å². The summed E-state index contributed by atoms with van der Waals surface area (Å²) in [6.45, 7) is 2.33. The minimum atomic E-state index is -1.25. The SMILES string of the molecule is CCCCc1ccc2c(c1)OCC(O)(CBr)O2. The fraction of sp³-hybridized carbons (Fsp3) is 0.538. The molecule has 0 fully saturated rings. The highest BCUT2D eigenvalue weighted by Crippen LogP contribution is 2.36. The third-order valence-electron chi connectivity index (χ3n) is 2.79. The van der Waals surface area contributed by atoms with Crippen molar-refractivity contribution in [1.29, 1.82) is 0 Å². The Morgan fingerprint density at radius 1 is 1.41 bits per heavy atom. The van der Waals surface area contributed by atoms with Gasteiger partial charge in [-0.3, -0.25) is 0 Å². The molecule has 0 saturated heterocycles. The summed E-state index contributed by atoms with van der Waals surface area (Å²) in [5.74, 6) is 0.0838. The average molecular weight is 301 g/mol. The molecule has 1 atom stereocenters. The second-order valence-electron chi connectivity index (χ2n) is 4.36. The molecule has 94 valence electrons. The topological polar surface area (TPSA) is 38.7 Å². The van der Waals surface area contributed by atoms with Gasteiger partial charge in [0.05, 0.1) is 5.33 Å². The van der Waals surface area contributed by atoms with Gasteiger partial charge in [-0.1, -0.05) is 35.3 Å². The van der Waals surface area contributed by atoms with E-state index in [0.717, 1.165) is 12.2 Å². The Kier molecular flexibility index (Phi) is 3.94. The maximum atomic E-state index is 9.94. The Balaban J connectivity index is 2.14. The van der Waals surface area contributed by atoms with Crippen molar-refractivity contribution in [2.24, 2.45) is 0 Å². The minimum Gasteiger partial charge on any atom is -0.483 e. The van der Waals surface area contributed by atoms with Crippen molar-refractivity contribution in [3.8, 4) is 11.5 Å². The molecule has 1 N–H and O–H groups in total. The predicted octanol–water partition coefficient (Wildman–Crippen LogP) is 2.88. The number of hydrogen-bond donors (Lipinski definition) is 1. The summed E-state index contributed by atoms with van der Waals surface area (Å²) in [6.07, 6.45) is 3.40. The summed E-state index contributed by atoms with van der Waals surface area (Å²) in [5, 5.41) is 10.3. The third-order valence-corrected chi connectivity index (χ3v) is 3.67. The first-order valence-electron chi connectivity index (χ1n) is 5.90. The second kappa shape index (κ2) is 5.27. The standard InChI is InChI=1S/C13H17BrO3/c1-2-3-4-10-5-6-11-12(7-10)16-9-13(15,8-14)17-11/h5-7,15H,2-4,8-9H2,1H3. The number of halogens is 1. The normalized spacial score (nSPS) is 22.5. The summed E-state index contributed by atoms with van der Waals surface area (Å²) in [5.41, 5.74) is 1.25. The molecule has 4 heteroatoms. The van der Waals surface area contributed by atoms with Gasteiger partial charge in [-0.2, -0.15) is 0 Å². The molecule has 0 saturated carbocycles. The van der Waals surface area contributed by atoms with Crippen LogP contribution in [0.3, 0.4) is 0 Å². The molecule has 0 aromatic heterocycles. The molecule has 1 aliphatic heterocycles. The van der Waals surface area contributed by atoms with E-state index in [4.69, 9.17) is 9.47 Å². The summed E-state index contributed by atoms with van der Waals surface area (Å²) in [7, 11) is 0. The van der Waals surface area contributed by atoms with Crippen molar-refractivity contribution >= 4 is 15.9 Å². The lowest BCUT2D eigenvalue weighted by Gasteiger charge is -2.32. The van der Waals surface area contributed by atoms with Crippen molar-refractivity contribution in [1.82, 2.24) is 0 Å². The quantitative estimate of drug-likeness (QED) is 0.869. The highest BCUT2D eigenvalue weighted by Gasteiger charge is 2.34. The first-order chi connectivity index (χ1) is 8.17. The van der Waals surface area contributed by atoms with Crippen molar-refractivity contribution in [2.75, 3.05) is 11.9 Å². The lowest BCUT2D eigenvalue weighted by atomic mass is 10.1. The van der Waals surface area contributed by atoms with Crippen LogP contribution in [0.2, 0.25) is 0 Å². The molecule has 1 heterocycles. The average Bonchev–Trinajstić information content (AvgIpc) is 2.36. The summed E-state index contributed by atoms with van der Waals surface area (Å²) >= 11 is 3.21. The summed E-state index contributed by atoms with van der Waals surface area (Å²) in [4.78, 5) is 0. The van der Waals surface area contributed by atoms with Gasteiger partial charge >= 0.3 is 0 Å². The fourth-order valence-electron chi connectivity index (χ4n) is 1.78. The molecule has 2 rings (SSSR count). The predicted molar refractivity (Wildman–Crippen MR) is 69.9 cm³/mol. The number of benzene rings is 1. The van der Waals surface area contributed by atoms with E-state index in [1.54, 1.807) is 0 Å². The molecule has 0 spiro atoms. The smallest absolute Gasteiger partial charge is 0.252 e. The minimum absolute atomic E-state index is 0.155. The number of hydrogen-bond acceptors (Lipinski definition) is 3. The van der Waals surface area contributed by atoms with Crippen molar-refractivity contribution in [3.05, 3.63) is 23.8 Å². The maximum absolute atomic E-state index is 9.94. The van der Waals surface area contributed by atoms with Gasteiger partial charge in [0.25, 0.3) is 5.79 Å². The van der Waals surface area contributed by atoms with Gasteiger partial charge in [0.1, 0.15) is 0 Å². The highest BCUT2D eigenvalue weighted by atomic mass is 79.9. The van der Waals surface area contributed by atoms with Crippen LogP contribution in [0.15, 0.2) is 18.2 Å². The maximum Gasteiger partial charge on any atom is 0.252 e. The van der Waals surface area contributed by atoms with Crippen LogP contribution in [0.25, 0.3) is 0 Å². The van der Waals surface area contributed by atoms with Crippen LogP contribution in [0.4, 0.5) is 0 Å². The number of aryl methyl sites for hydroxylation is 1. The van der Waals surface area contributed by atoms with Crippen LogP contribution in [-0.2, 0) is 6.42 Å². The first kappa shape index (κ1) is 12.7. The molecule has 0 aliphatic carbocycles. The van der Waals surface area contributed by atoms with E-state index in [1.807, 2.05) is 18.2 Å². The zero-order valence-electron chi connectivity index (χ0n) is 9.91. The van der Waals surface area contributed by atoms with Crippen LogP contribution in [0.5, 0.6) is 11.5 Å². The number of aliphatic hydroxyl groups is 1. The van der Waals surface area contributed by atoms with Gasteiger partial charge in [0.15, 0.2) is 18.1 Å². The van der Waals surface area contributed by atoms with Gasteiger partial charge in [0.2, 0.25) is 0 Å². The van der Waals surface area contributed by atoms with E-state index in [2.05, 4.69) is 22.9 Å². The number of unbranched alkanes of at least 4 members (excludes halogenated alkanes) is 1. The first-order valence-corrected chi connectivity index (χ1v) is 7.02. The molecule has 0 amide bonds. The van der Waals surface area contributed by atoms with Crippen LogP contribution in [-0.4, -0.2) is 22.8 Å². The van der Waals surface area contributed by atoms with E-state index in [0.29, 0.717) is 11.1 Å². The highest BCUT2D eigenvalue weighted by molar-refractivity contribution is 9.09. The number of alkyl halides is 1. The lowest BCUT2D eigenvalue weighted by Crippen LogP contribution is -2.46. The zero-order chi connectivity index (χ0) is 12.3. The Morgan fingerprint density at radius 3 is 2.94 bits per heavy atom. The van der Waals surface area contributed by atoms with Gasteiger partial charge in [-0.25, -0.2) is 0 Å². The van der Waals surface area contributed by atoms with Gasteiger partial charge in [-0.15, -0.1) is 0 Å². The molecule has 0 radical (unpaired) electrons. The number of ether oxygens (including phenoxy) is 2. The lowest BCUT2D eigenvalue weighted by molar-refractivity contribution is -0.154. The second-order valence-corrected chi connectivity index (χ2v) is 4.92. The van der Waals surface area contributed by atoms with Gasteiger partial charge in [0, 0.05) is 0 Å². The molecule has 1 aromatic rings. The van der Waals surface area contributed by atoms with Gasteiger partial charge < -0.3 is 14.6 Å². The molecule has 17 heavy (non-hydrogen) atoms. The van der Waals surface area contributed by atoms with Gasteiger partial charge in [-0.05, 0) is 30.5 Å². The van der Waals surface area contributed by atoms with Crippen LogP contribution in [0.1, 0.15) is 25.3 Å². The van der Waals surface area contributed by atoms with Crippen LogP contribution in [0, 0.1) is 0 Å². The number of fused-ring (bicyclic) bond motifs is 1. The number of rotatable bonds is 4. The van der Waals surface area contributed by atoms with Crippen molar-refractivity contribution in [2.45, 2.75) is 32.0 Å². The molecular formula is C13H17BrO3. The Hall–Kier alpha value is -0.740. The molecule has 1 aliphatic rings. The summed E-state index contributed by atoms with van der Waals surface area (Å²) < 4.78 is 11.1. The largest absolute Gasteiger partial charge is 0.483 e. The van der Waals surface area contributed by atoms with Crippen molar-refractivity contribution < 1.29 is 14.6 Å². The zero-order valence-corrected chi connectivity index (χ0v) is 11.5. The Morgan fingerprint density at radius 2 is 2.24 bits per heavy atom. The Bertz CT molecular complexity index is 394. The van der Waals surface area contributed by atoms with E-state index < -0.39 is 5.79 Å². The van der Waals surface area contributed by atoms with Crippen LogP contribution >= 0.6 is 15.9 Å². The molecular weight excluding hydrogens is 284 g/mol. The molecule has 1 aromatic carbocycles. The van der Waals surface area contributed by atoms with E-state index in [1.165, 1.54) is 18.4 Å². The summed E-state index contributed by atoms with van der Waals surface area (Å²) in [6, 6.07) is 5.89. The monoisotopic (exact) mass is 300 g/mol. The molecule has 3 nitrogen and oxygen atoms in total. The van der Waals surface area contributed by atoms with E-state index >= 15 is 0 Å².